The second-order valence-electron chi connectivity index (χ2n) is 4.36. The molecule has 1 aliphatic rings. The molecule has 2 aromatic rings. The van der Waals surface area contributed by atoms with Crippen LogP contribution in [0.4, 0.5) is 5.82 Å². The molecule has 0 amide bonds. The lowest BCUT2D eigenvalue weighted by molar-refractivity contribution is 0.122. The minimum Gasteiger partial charge on any atom is -0.435 e. The molecular formula is C13H15N3O2S. The van der Waals surface area contributed by atoms with Crippen molar-refractivity contribution in [3.8, 4) is 11.6 Å². The molecule has 1 aromatic heterocycles. The van der Waals surface area contributed by atoms with E-state index in [1.807, 2.05) is 31.2 Å². The predicted octanol–water partition coefficient (Wildman–Crippen LogP) is 2.48. The van der Waals surface area contributed by atoms with Crippen LogP contribution in [0.25, 0.3) is 0 Å². The number of rotatable bonds is 3. The van der Waals surface area contributed by atoms with E-state index < -0.39 is 0 Å². The van der Waals surface area contributed by atoms with Crippen LogP contribution in [-0.2, 0) is 4.74 Å². The fourth-order valence-electron chi connectivity index (χ4n) is 1.98. The van der Waals surface area contributed by atoms with Crippen LogP contribution in [0, 0.1) is 6.92 Å². The van der Waals surface area contributed by atoms with Gasteiger partial charge in [-0.3, -0.25) is 0 Å². The van der Waals surface area contributed by atoms with Gasteiger partial charge in [0.1, 0.15) is 5.75 Å². The molecule has 6 heteroatoms. The summed E-state index contributed by atoms with van der Waals surface area (Å²) >= 11 is 1.18. The maximum absolute atomic E-state index is 5.89. The molecule has 1 saturated heterocycles. The Morgan fingerprint density at radius 3 is 2.79 bits per heavy atom. The van der Waals surface area contributed by atoms with Gasteiger partial charge in [0, 0.05) is 13.1 Å². The number of aryl methyl sites for hydroxylation is 1. The summed E-state index contributed by atoms with van der Waals surface area (Å²) in [4.78, 5) is 2.15. The lowest BCUT2D eigenvalue weighted by atomic mass is 10.2. The van der Waals surface area contributed by atoms with Crippen LogP contribution >= 0.6 is 11.7 Å². The Hall–Kier alpha value is -1.66. The van der Waals surface area contributed by atoms with E-state index in [9.17, 15) is 0 Å². The molecule has 0 spiro atoms. The number of anilines is 1. The Morgan fingerprint density at radius 1 is 1.21 bits per heavy atom. The molecular weight excluding hydrogens is 262 g/mol. The molecule has 1 aliphatic heterocycles. The number of benzene rings is 1. The number of nitrogens with zero attached hydrogens (tertiary/aromatic N) is 3. The van der Waals surface area contributed by atoms with E-state index in [1.165, 1.54) is 11.7 Å². The summed E-state index contributed by atoms with van der Waals surface area (Å²) in [6.45, 7) is 5.12. The molecule has 1 fully saturated rings. The van der Waals surface area contributed by atoms with E-state index in [0.717, 1.165) is 43.4 Å². The highest BCUT2D eigenvalue weighted by Crippen LogP contribution is 2.31. The zero-order valence-electron chi connectivity index (χ0n) is 10.7. The Morgan fingerprint density at radius 2 is 2.00 bits per heavy atom. The molecule has 19 heavy (non-hydrogen) atoms. The van der Waals surface area contributed by atoms with Gasteiger partial charge in [-0.2, -0.15) is 4.37 Å². The first-order valence-electron chi connectivity index (χ1n) is 6.23. The standard InChI is InChI=1S/C13H15N3O2S/c1-10-4-2-3-5-11(10)18-13-12(14-19-15-13)16-6-8-17-9-7-16/h2-5H,6-9H2,1H3. The number of hydrogen-bond acceptors (Lipinski definition) is 6. The first kappa shape index (κ1) is 12.4. The molecule has 3 rings (SSSR count). The first-order valence-corrected chi connectivity index (χ1v) is 6.96. The summed E-state index contributed by atoms with van der Waals surface area (Å²) in [5, 5.41) is 0. The lowest BCUT2D eigenvalue weighted by Crippen LogP contribution is -2.36. The van der Waals surface area contributed by atoms with Crippen LogP contribution in [0.5, 0.6) is 11.6 Å². The van der Waals surface area contributed by atoms with Crippen LogP contribution in [0.2, 0.25) is 0 Å². The van der Waals surface area contributed by atoms with Crippen molar-refractivity contribution in [1.82, 2.24) is 8.75 Å². The van der Waals surface area contributed by atoms with Crippen molar-refractivity contribution in [3.63, 3.8) is 0 Å². The smallest absolute Gasteiger partial charge is 0.276 e. The second-order valence-corrected chi connectivity index (χ2v) is 4.89. The van der Waals surface area contributed by atoms with Crippen molar-refractivity contribution in [2.75, 3.05) is 31.2 Å². The molecule has 1 aromatic carbocycles. The van der Waals surface area contributed by atoms with Crippen LogP contribution in [0.15, 0.2) is 24.3 Å². The zero-order chi connectivity index (χ0) is 13.1. The van der Waals surface area contributed by atoms with Crippen LogP contribution < -0.4 is 9.64 Å². The average molecular weight is 277 g/mol. The summed E-state index contributed by atoms with van der Waals surface area (Å²) in [6.07, 6.45) is 0. The Labute approximate surface area is 116 Å². The van der Waals surface area contributed by atoms with Crippen LogP contribution in [-0.4, -0.2) is 35.1 Å². The molecule has 0 saturated carbocycles. The van der Waals surface area contributed by atoms with Crippen molar-refractivity contribution in [3.05, 3.63) is 29.8 Å². The minimum absolute atomic E-state index is 0.584. The normalized spacial score (nSPS) is 15.5. The fourth-order valence-corrected chi connectivity index (χ4v) is 2.49. The van der Waals surface area contributed by atoms with Crippen molar-refractivity contribution < 1.29 is 9.47 Å². The molecule has 0 N–H and O–H groups in total. The highest BCUT2D eigenvalue weighted by molar-refractivity contribution is 6.99. The van der Waals surface area contributed by atoms with Gasteiger partial charge in [0.15, 0.2) is 0 Å². The predicted molar refractivity (Wildman–Crippen MR) is 74.2 cm³/mol. The highest BCUT2D eigenvalue weighted by Gasteiger charge is 2.20. The van der Waals surface area contributed by atoms with Gasteiger partial charge < -0.3 is 14.4 Å². The second kappa shape index (κ2) is 5.54. The van der Waals surface area contributed by atoms with E-state index >= 15 is 0 Å². The molecule has 0 atom stereocenters. The van der Waals surface area contributed by atoms with Gasteiger partial charge in [0.2, 0.25) is 5.82 Å². The number of ether oxygens (including phenoxy) is 2. The van der Waals surface area contributed by atoms with E-state index in [4.69, 9.17) is 9.47 Å². The summed E-state index contributed by atoms with van der Waals surface area (Å²) in [5.41, 5.74) is 1.09. The van der Waals surface area contributed by atoms with Crippen molar-refractivity contribution in [2.45, 2.75) is 6.92 Å². The van der Waals surface area contributed by atoms with Gasteiger partial charge in [0.25, 0.3) is 5.88 Å². The van der Waals surface area contributed by atoms with Crippen LogP contribution in [0.1, 0.15) is 5.56 Å². The number of para-hydroxylation sites is 1. The maximum Gasteiger partial charge on any atom is 0.276 e. The summed E-state index contributed by atoms with van der Waals surface area (Å²) in [7, 11) is 0. The van der Waals surface area contributed by atoms with Crippen LogP contribution in [0.3, 0.4) is 0 Å². The third-order valence-corrected chi connectivity index (χ3v) is 3.56. The summed E-state index contributed by atoms with van der Waals surface area (Å²) < 4.78 is 19.8. The third-order valence-electron chi connectivity index (χ3n) is 3.05. The topological polar surface area (TPSA) is 47.5 Å². The van der Waals surface area contributed by atoms with Gasteiger partial charge in [-0.1, -0.05) is 18.2 Å². The SMILES string of the molecule is Cc1ccccc1Oc1nsnc1N1CCOCC1. The average Bonchev–Trinajstić information content (AvgIpc) is 2.91. The Bertz CT molecular complexity index is 552. The lowest BCUT2D eigenvalue weighted by Gasteiger charge is -2.26. The van der Waals surface area contributed by atoms with E-state index in [-0.39, 0.29) is 0 Å². The van der Waals surface area contributed by atoms with Crippen molar-refractivity contribution >= 4 is 17.5 Å². The molecule has 0 unspecified atom stereocenters. The molecule has 0 radical (unpaired) electrons. The maximum atomic E-state index is 5.89. The van der Waals surface area contributed by atoms with Gasteiger partial charge in [0.05, 0.1) is 24.9 Å². The minimum atomic E-state index is 0.584. The number of hydrogen-bond donors (Lipinski definition) is 0. The van der Waals surface area contributed by atoms with Gasteiger partial charge in [-0.25, -0.2) is 0 Å². The van der Waals surface area contributed by atoms with Gasteiger partial charge in [-0.05, 0) is 18.6 Å². The van der Waals surface area contributed by atoms with E-state index in [2.05, 4.69) is 13.6 Å². The summed E-state index contributed by atoms with van der Waals surface area (Å²) in [5.74, 6) is 2.22. The molecule has 5 nitrogen and oxygen atoms in total. The Balaban J connectivity index is 1.82. The van der Waals surface area contributed by atoms with Gasteiger partial charge in [-0.15, -0.1) is 4.37 Å². The van der Waals surface area contributed by atoms with E-state index in [1.54, 1.807) is 0 Å². The first-order chi connectivity index (χ1) is 9.34. The quantitative estimate of drug-likeness (QED) is 0.862. The van der Waals surface area contributed by atoms with Crippen molar-refractivity contribution in [1.29, 1.82) is 0 Å². The molecule has 2 heterocycles. The molecule has 100 valence electrons. The Kier molecular flexibility index (Phi) is 3.61. The summed E-state index contributed by atoms with van der Waals surface area (Å²) in [6, 6.07) is 7.90. The molecule has 0 bridgehead atoms. The fraction of sp³-hybridized carbons (Fsp3) is 0.385. The van der Waals surface area contributed by atoms with Crippen molar-refractivity contribution in [2.24, 2.45) is 0 Å². The highest BCUT2D eigenvalue weighted by atomic mass is 32.1. The zero-order valence-corrected chi connectivity index (χ0v) is 11.5. The monoisotopic (exact) mass is 277 g/mol. The third kappa shape index (κ3) is 2.69. The number of aromatic nitrogens is 2. The largest absolute Gasteiger partial charge is 0.435 e. The van der Waals surface area contributed by atoms with Gasteiger partial charge >= 0.3 is 0 Å². The van der Waals surface area contributed by atoms with E-state index in [0.29, 0.717) is 5.88 Å². The number of morpholine rings is 1. The molecule has 0 aliphatic carbocycles.